The Bertz CT molecular complexity index is 1360. The maximum absolute atomic E-state index is 13.1. The molecule has 3 heterocycles. The van der Waals surface area contributed by atoms with Crippen LogP contribution in [0, 0.1) is 0 Å². The lowest BCUT2D eigenvalue weighted by Crippen LogP contribution is -2.17. The minimum atomic E-state index is -0.152. The van der Waals surface area contributed by atoms with Crippen LogP contribution in [0.1, 0.15) is 0 Å². The van der Waals surface area contributed by atoms with E-state index in [4.69, 9.17) is 16.3 Å². The number of nitrogens with zero attached hydrogens (tertiary/aromatic N) is 3. The van der Waals surface area contributed by atoms with Crippen molar-refractivity contribution in [1.29, 1.82) is 0 Å². The van der Waals surface area contributed by atoms with Gasteiger partial charge in [0.15, 0.2) is 0 Å². The van der Waals surface area contributed by atoms with Crippen LogP contribution in [0.2, 0.25) is 5.02 Å². The van der Waals surface area contributed by atoms with Crippen LogP contribution in [-0.4, -0.2) is 14.5 Å². The maximum atomic E-state index is 13.1. The molecule has 0 aliphatic carbocycles. The number of aromatic nitrogens is 3. The molecule has 136 valence electrons. The molecule has 0 radical (unpaired) electrons. The number of hydrogen-bond donors (Lipinski definition) is 0. The summed E-state index contributed by atoms with van der Waals surface area (Å²) in [7, 11) is 0. The van der Waals surface area contributed by atoms with Gasteiger partial charge < -0.3 is 4.74 Å². The van der Waals surface area contributed by atoms with E-state index in [1.54, 1.807) is 36.5 Å². The second-order valence-corrected chi connectivity index (χ2v) is 7.52. The third kappa shape index (κ3) is 2.83. The van der Waals surface area contributed by atoms with Crippen molar-refractivity contribution in [3.05, 3.63) is 88.6 Å². The zero-order valence-electron chi connectivity index (χ0n) is 14.4. The van der Waals surface area contributed by atoms with Gasteiger partial charge in [-0.05, 0) is 42.5 Å². The van der Waals surface area contributed by atoms with Crippen LogP contribution in [0.4, 0.5) is 0 Å². The van der Waals surface area contributed by atoms with Gasteiger partial charge in [0.1, 0.15) is 32.9 Å². The van der Waals surface area contributed by atoms with Gasteiger partial charge in [0.25, 0.3) is 5.56 Å². The fourth-order valence-corrected chi connectivity index (χ4v) is 4.18. The summed E-state index contributed by atoms with van der Waals surface area (Å²) in [6.07, 6.45) is 3.20. The van der Waals surface area contributed by atoms with Crippen molar-refractivity contribution in [1.82, 2.24) is 14.5 Å². The van der Waals surface area contributed by atoms with E-state index in [2.05, 4.69) is 9.97 Å². The number of hydrogen-bond acceptors (Lipinski definition) is 5. The largest absolute Gasteiger partial charge is 0.456 e. The standard InChI is InChI=1S/C21H12ClN3O2S/c22-13-6-8-14(9-7-13)25-12-24-18-17-16(27-15-4-2-1-3-5-15)10-11-23-20(17)28-19(18)21(25)26/h1-12H. The molecule has 5 aromatic rings. The van der Waals surface area contributed by atoms with Crippen LogP contribution in [0.5, 0.6) is 11.5 Å². The molecule has 0 spiro atoms. The van der Waals surface area contributed by atoms with E-state index in [1.807, 2.05) is 30.3 Å². The van der Waals surface area contributed by atoms with Gasteiger partial charge in [-0.15, -0.1) is 11.3 Å². The molecule has 0 fully saturated rings. The first-order valence-electron chi connectivity index (χ1n) is 8.48. The minimum Gasteiger partial charge on any atom is -0.456 e. The van der Waals surface area contributed by atoms with E-state index in [0.717, 1.165) is 5.39 Å². The van der Waals surface area contributed by atoms with Gasteiger partial charge in [-0.1, -0.05) is 29.8 Å². The van der Waals surface area contributed by atoms with E-state index >= 15 is 0 Å². The molecule has 0 unspecified atom stereocenters. The molecule has 0 bridgehead atoms. The molecule has 7 heteroatoms. The van der Waals surface area contributed by atoms with Crippen LogP contribution in [-0.2, 0) is 0 Å². The first-order valence-corrected chi connectivity index (χ1v) is 9.68. The van der Waals surface area contributed by atoms with Crippen molar-refractivity contribution < 1.29 is 4.74 Å². The van der Waals surface area contributed by atoms with E-state index in [1.165, 1.54) is 22.2 Å². The van der Waals surface area contributed by atoms with Crippen molar-refractivity contribution in [2.45, 2.75) is 0 Å². The highest BCUT2D eigenvalue weighted by Gasteiger charge is 2.17. The summed E-state index contributed by atoms with van der Waals surface area (Å²) in [6.45, 7) is 0. The lowest BCUT2D eigenvalue weighted by atomic mass is 10.2. The first-order chi connectivity index (χ1) is 13.7. The average Bonchev–Trinajstić information content (AvgIpc) is 3.11. The van der Waals surface area contributed by atoms with E-state index in [0.29, 0.717) is 37.3 Å². The molecular formula is C21H12ClN3O2S. The summed E-state index contributed by atoms with van der Waals surface area (Å²) in [5, 5.41) is 1.35. The van der Waals surface area contributed by atoms with Gasteiger partial charge in [-0.3, -0.25) is 9.36 Å². The number of para-hydroxylation sites is 1. The normalized spacial score (nSPS) is 11.2. The number of fused-ring (bicyclic) bond motifs is 3. The second-order valence-electron chi connectivity index (χ2n) is 6.08. The number of benzene rings is 2. The van der Waals surface area contributed by atoms with Crippen molar-refractivity contribution in [2.75, 3.05) is 0 Å². The molecule has 0 aliphatic rings. The highest BCUT2D eigenvalue weighted by Crippen LogP contribution is 2.37. The zero-order chi connectivity index (χ0) is 19.1. The van der Waals surface area contributed by atoms with Crippen molar-refractivity contribution in [3.63, 3.8) is 0 Å². The predicted molar refractivity (Wildman–Crippen MR) is 112 cm³/mol. The van der Waals surface area contributed by atoms with Gasteiger partial charge in [-0.2, -0.15) is 0 Å². The smallest absolute Gasteiger partial charge is 0.275 e. The van der Waals surface area contributed by atoms with Crippen LogP contribution in [0.15, 0.2) is 78.0 Å². The van der Waals surface area contributed by atoms with Crippen LogP contribution in [0.25, 0.3) is 26.1 Å². The highest BCUT2D eigenvalue weighted by molar-refractivity contribution is 7.25. The molecule has 0 N–H and O–H groups in total. The van der Waals surface area contributed by atoms with Crippen molar-refractivity contribution in [3.8, 4) is 17.2 Å². The Labute approximate surface area is 168 Å². The Morgan fingerprint density at radius 3 is 2.54 bits per heavy atom. The average molecular weight is 406 g/mol. The fraction of sp³-hybridized carbons (Fsp3) is 0. The van der Waals surface area contributed by atoms with Crippen LogP contribution in [0.3, 0.4) is 0 Å². The summed E-state index contributed by atoms with van der Waals surface area (Å²) in [4.78, 5) is 22.8. The maximum Gasteiger partial charge on any atom is 0.275 e. The van der Waals surface area contributed by atoms with E-state index in [-0.39, 0.29) is 5.56 Å². The Hall–Kier alpha value is -3.22. The summed E-state index contributed by atoms with van der Waals surface area (Å²) >= 11 is 7.26. The van der Waals surface area contributed by atoms with Crippen LogP contribution >= 0.6 is 22.9 Å². The lowest BCUT2D eigenvalue weighted by molar-refractivity contribution is 0.488. The number of ether oxygens (including phenoxy) is 1. The third-order valence-electron chi connectivity index (χ3n) is 4.32. The third-order valence-corrected chi connectivity index (χ3v) is 5.65. The first kappa shape index (κ1) is 16.9. The van der Waals surface area contributed by atoms with Gasteiger partial charge in [-0.25, -0.2) is 9.97 Å². The monoisotopic (exact) mass is 405 g/mol. The van der Waals surface area contributed by atoms with E-state index < -0.39 is 0 Å². The molecular weight excluding hydrogens is 394 g/mol. The molecule has 28 heavy (non-hydrogen) atoms. The molecule has 5 rings (SSSR count). The zero-order valence-corrected chi connectivity index (χ0v) is 15.9. The fourth-order valence-electron chi connectivity index (χ4n) is 3.01. The number of halogens is 1. The summed E-state index contributed by atoms with van der Waals surface area (Å²) < 4.78 is 8.07. The van der Waals surface area contributed by atoms with Crippen molar-refractivity contribution >= 4 is 43.4 Å². The summed E-state index contributed by atoms with van der Waals surface area (Å²) in [5.74, 6) is 1.34. The molecule has 2 aromatic carbocycles. The molecule has 0 saturated heterocycles. The predicted octanol–water partition coefficient (Wildman–Crippen LogP) is 5.44. The van der Waals surface area contributed by atoms with E-state index in [9.17, 15) is 4.79 Å². The molecule has 0 aliphatic heterocycles. The SMILES string of the molecule is O=c1c2sc3nccc(Oc4ccccc4)c3c2ncn1-c1ccc(Cl)cc1. The van der Waals surface area contributed by atoms with Gasteiger partial charge >= 0.3 is 0 Å². The topological polar surface area (TPSA) is 57.0 Å². The molecule has 3 aromatic heterocycles. The molecule has 0 saturated carbocycles. The molecule has 0 atom stereocenters. The lowest BCUT2D eigenvalue weighted by Gasteiger charge is -2.07. The van der Waals surface area contributed by atoms with Gasteiger partial charge in [0, 0.05) is 11.2 Å². The highest BCUT2D eigenvalue weighted by atomic mass is 35.5. The number of pyridine rings is 1. The molecule has 0 amide bonds. The minimum absolute atomic E-state index is 0.152. The Morgan fingerprint density at radius 2 is 1.75 bits per heavy atom. The molecule has 5 nitrogen and oxygen atoms in total. The number of rotatable bonds is 3. The summed E-state index contributed by atoms with van der Waals surface area (Å²) in [5.41, 5.74) is 1.14. The second kappa shape index (κ2) is 6.74. The van der Waals surface area contributed by atoms with Crippen molar-refractivity contribution in [2.24, 2.45) is 0 Å². The van der Waals surface area contributed by atoms with Crippen LogP contribution < -0.4 is 10.3 Å². The summed E-state index contributed by atoms with van der Waals surface area (Å²) in [6, 6.07) is 18.3. The van der Waals surface area contributed by atoms with Gasteiger partial charge in [0.2, 0.25) is 0 Å². The number of thiophene rings is 1. The Balaban J connectivity index is 1.71. The quantitative estimate of drug-likeness (QED) is 0.401. The Kier molecular flexibility index (Phi) is 4.07. The Morgan fingerprint density at radius 1 is 0.964 bits per heavy atom. The van der Waals surface area contributed by atoms with Gasteiger partial charge in [0.05, 0.1) is 11.1 Å².